The molecule has 0 radical (unpaired) electrons. The van der Waals surface area contributed by atoms with Crippen LogP contribution in [0.5, 0.6) is 0 Å². The van der Waals surface area contributed by atoms with Gasteiger partial charge < -0.3 is 14.2 Å². The highest BCUT2D eigenvalue weighted by molar-refractivity contribution is 5.73. The lowest BCUT2D eigenvalue weighted by atomic mass is 9.70. The number of carbonyl (C=O) groups excluding carboxylic acids is 1. The average molecular weight is 391 g/mol. The van der Waals surface area contributed by atoms with Crippen molar-refractivity contribution in [2.45, 2.75) is 89.9 Å². The molecule has 4 saturated carbocycles. The van der Waals surface area contributed by atoms with Gasteiger partial charge in [-0.1, -0.05) is 33.1 Å². The molecule has 1 heterocycles. The molecule has 0 amide bonds. The minimum Gasteiger partial charge on any atom is -0.463 e. The van der Waals surface area contributed by atoms with Gasteiger partial charge in [0.1, 0.15) is 12.7 Å². The van der Waals surface area contributed by atoms with E-state index in [2.05, 4.69) is 13.8 Å². The second-order valence-corrected chi connectivity index (χ2v) is 10.4. The van der Waals surface area contributed by atoms with Gasteiger partial charge in [0.2, 0.25) is 0 Å². The highest BCUT2D eigenvalue weighted by atomic mass is 16.8. The first-order chi connectivity index (χ1) is 13.6. The predicted molar refractivity (Wildman–Crippen MR) is 106 cm³/mol. The van der Waals surface area contributed by atoms with E-state index in [1.807, 2.05) is 0 Å². The number of esters is 1. The van der Waals surface area contributed by atoms with Gasteiger partial charge in [0.05, 0.1) is 12.5 Å². The van der Waals surface area contributed by atoms with Gasteiger partial charge in [0.25, 0.3) is 0 Å². The third-order valence-corrected chi connectivity index (χ3v) is 9.12. The normalized spacial score (nSPS) is 46.2. The summed E-state index contributed by atoms with van der Waals surface area (Å²) in [4.78, 5) is 13.0. The summed E-state index contributed by atoms with van der Waals surface area (Å²) in [6.07, 6.45) is 11.9. The van der Waals surface area contributed by atoms with E-state index in [1.165, 1.54) is 44.9 Å². The molecule has 4 heteroatoms. The predicted octanol–water partition coefficient (Wildman–Crippen LogP) is 4.95. The third-order valence-electron chi connectivity index (χ3n) is 9.12. The van der Waals surface area contributed by atoms with E-state index < -0.39 is 0 Å². The van der Waals surface area contributed by atoms with E-state index in [9.17, 15) is 4.79 Å². The number of fused-ring (bicyclic) bond motifs is 5. The second-order valence-electron chi connectivity index (χ2n) is 10.4. The third kappa shape index (κ3) is 3.14. The van der Waals surface area contributed by atoms with E-state index in [0.717, 1.165) is 48.9 Å². The molecule has 0 N–H and O–H groups in total. The van der Waals surface area contributed by atoms with Crippen molar-refractivity contribution in [1.29, 1.82) is 0 Å². The van der Waals surface area contributed by atoms with Crippen molar-refractivity contribution in [1.82, 2.24) is 0 Å². The molecule has 4 aliphatic carbocycles. The second kappa shape index (κ2) is 7.58. The molecule has 5 aliphatic rings. The van der Waals surface area contributed by atoms with E-state index in [0.29, 0.717) is 19.1 Å². The van der Waals surface area contributed by atoms with Crippen molar-refractivity contribution in [3.63, 3.8) is 0 Å². The maximum absolute atomic E-state index is 13.0. The number of ether oxygens (including phenoxy) is 3. The molecule has 28 heavy (non-hydrogen) atoms. The maximum atomic E-state index is 13.0. The van der Waals surface area contributed by atoms with Gasteiger partial charge in [-0.15, -0.1) is 0 Å². The lowest BCUT2D eigenvalue weighted by molar-refractivity contribution is -0.193. The number of hydrogen-bond donors (Lipinski definition) is 0. The maximum Gasteiger partial charge on any atom is 0.309 e. The Kier molecular flexibility index (Phi) is 5.24. The van der Waals surface area contributed by atoms with E-state index in [4.69, 9.17) is 14.2 Å². The topological polar surface area (TPSA) is 44.8 Å². The first kappa shape index (κ1) is 19.4. The molecule has 5 rings (SSSR count). The Morgan fingerprint density at radius 1 is 1.00 bits per heavy atom. The van der Waals surface area contributed by atoms with E-state index in [-0.39, 0.29) is 23.8 Å². The number of hydrogen-bond acceptors (Lipinski definition) is 4. The van der Waals surface area contributed by atoms with Crippen LogP contribution in [-0.2, 0) is 19.0 Å². The highest BCUT2D eigenvalue weighted by Gasteiger charge is 2.61. The van der Waals surface area contributed by atoms with Crippen LogP contribution < -0.4 is 0 Å². The van der Waals surface area contributed by atoms with Gasteiger partial charge in [-0.25, -0.2) is 0 Å². The lowest BCUT2D eigenvalue weighted by Gasteiger charge is -2.35. The molecule has 0 aromatic carbocycles. The molecule has 1 saturated heterocycles. The summed E-state index contributed by atoms with van der Waals surface area (Å²) in [5, 5.41) is 0. The molecule has 1 spiro atoms. The van der Waals surface area contributed by atoms with Crippen LogP contribution in [0.3, 0.4) is 0 Å². The summed E-state index contributed by atoms with van der Waals surface area (Å²) in [6.45, 7) is 5.65. The SMILES string of the molecule is CCC1CC(CC)C2C3CC(CC3C(=O)OCC3COC4(CCCCC4)O3)C12. The lowest BCUT2D eigenvalue weighted by Crippen LogP contribution is -2.36. The van der Waals surface area contributed by atoms with Crippen molar-refractivity contribution >= 4 is 5.97 Å². The molecule has 1 aliphatic heterocycles. The molecule has 8 atom stereocenters. The zero-order valence-corrected chi connectivity index (χ0v) is 17.7. The Labute approximate surface area is 170 Å². The van der Waals surface area contributed by atoms with Crippen LogP contribution in [0.2, 0.25) is 0 Å². The number of rotatable bonds is 5. The summed E-state index contributed by atoms with van der Waals surface area (Å²) in [5.41, 5.74) is 0. The highest BCUT2D eigenvalue weighted by Crippen LogP contribution is 2.65. The van der Waals surface area contributed by atoms with Gasteiger partial charge in [0.15, 0.2) is 5.79 Å². The molecule has 4 nitrogen and oxygen atoms in total. The minimum atomic E-state index is -0.373. The summed E-state index contributed by atoms with van der Waals surface area (Å²) in [6, 6.07) is 0. The summed E-state index contributed by atoms with van der Waals surface area (Å²) in [5.74, 6) is 4.57. The van der Waals surface area contributed by atoms with Crippen molar-refractivity contribution in [2.75, 3.05) is 13.2 Å². The minimum absolute atomic E-state index is 0.0499. The Morgan fingerprint density at radius 3 is 2.50 bits per heavy atom. The van der Waals surface area contributed by atoms with Gasteiger partial charge in [0, 0.05) is 12.8 Å². The molecule has 0 aromatic heterocycles. The first-order valence-corrected chi connectivity index (χ1v) is 12.1. The van der Waals surface area contributed by atoms with Gasteiger partial charge >= 0.3 is 5.97 Å². The molecule has 158 valence electrons. The van der Waals surface area contributed by atoms with E-state index >= 15 is 0 Å². The monoisotopic (exact) mass is 390 g/mol. The van der Waals surface area contributed by atoms with E-state index in [1.54, 1.807) is 0 Å². The van der Waals surface area contributed by atoms with Crippen molar-refractivity contribution in [3.8, 4) is 0 Å². The largest absolute Gasteiger partial charge is 0.463 e. The Balaban J connectivity index is 1.17. The van der Waals surface area contributed by atoms with Crippen LogP contribution in [-0.4, -0.2) is 31.1 Å². The molecule has 8 unspecified atom stereocenters. The van der Waals surface area contributed by atoms with Gasteiger partial charge in [-0.05, 0) is 67.6 Å². The van der Waals surface area contributed by atoms with Gasteiger partial charge in [-0.3, -0.25) is 4.79 Å². The van der Waals surface area contributed by atoms with Gasteiger partial charge in [-0.2, -0.15) is 0 Å². The summed E-state index contributed by atoms with van der Waals surface area (Å²) < 4.78 is 18.0. The van der Waals surface area contributed by atoms with Crippen LogP contribution in [0.4, 0.5) is 0 Å². The fraction of sp³-hybridized carbons (Fsp3) is 0.958. The number of carbonyl (C=O) groups is 1. The zero-order valence-electron chi connectivity index (χ0n) is 17.7. The molecule has 5 fully saturated rings. The Hall–Kier alpha value is -0.610. The van der Waals surface area contributed by atoms with Crippen molar-refractivity contribution in [2.24, 2.45) is 41.4 Å². The average Bonchev–Trinajstić information content (AvgIpc) is 3.47. The molecular formula is C24H38O4. The fourth-order valence-electron chi connectivity index (χ4n) is 8.00. The molecular weight excluding hydrogens is 352 g/mol. The fourth-order valence-corrected chi connectivity index (χ4v) is 8.00. The van der Waals surface area contributed by atoms with Crippen molar-refractivity contribution < 1.29 is 19.0 Å². The van der Waals surface area contributed by atoms with Crippen LogP contribution in [0, 0.1) is 41.4 Å². The van der Waals surface area contributed by atoms with Crippen molar-refractivity contribution in [3.05, 3.63) is 0 Å². The smallest absolute Gasteiger partial charge is 0.309 e. The summed E-state index contributed by atoms with van der Waals surface area (Å²) in [7, 11) is 0. The first-order valence-electron chi connectivity index (χ1n) is 12.1. The van der Waals surface area contributed by atoms with Crippen LogP contribution in [0.15, 0.2) is 0 Å². The summed E-state index contributed by atoms with van der Waals surface area (Å²) >= 11 is 0. The Morgan fingerprint density at radius 2 is 1.75 bits per heavy atom. The zero-order chi connectivity index (χ0) is 19.3. The molecule has 0 aromatic rings. The Bertz CT molecular complexity index is 583. The van der Waals surface area contributed by atoms with Crippen LogP contribution >= 0.6 is 0 Å². The molecule has 2 bridgehead atoms. The van der Waals surface area contributed by atoms with Crippen LogP contribution in [0.25, 0.3) is 0 Å². The quantitative estimate of drug-likeness (QED) is 0.623. The standard InChI is InChI=1S/C24H38O4/c1-3-15-10-16(4-2)22-19-11-17(21(15)22)12-20(19)23(25)26-13-18-14-27-24(28-18)8-6-5-7-9-24/h15-22H,3-14H2,1-2H3. The van der Waals surface area contributed by atoms with Crippen LogP contribution in [0.1, 0.15) is 78.1 Å².